The first-order chi connectivity index (χ1) is 15.5. The van der Waals surface area contributed by atoms with E-state index in [4.69, 9.17) is 20.4 Å². The number of fused-ring (bicyclic) bond motifs is 1. The molecule has 1 N–H and O–H groups in total. The number of Topliss-reactive ketones (excluding diaryl/α,β-unsaturated/α-hetero) is 1. The summed E-state index contributed by atoms with van der Waals surface area (Å²) in [6.07, 6.45) is 1.98. The Morgan fingerprint density at radius 2 is 1.84 bits per heavy atom. The van der Waals surface area contributed by atoms with E-state index in [1.807, 2.05) is 24.3 Å². The van der Waals surface area contributed by atoms with Gasteiger partial charge in [0.15, 0.2) is 11.5 Å². The predicted molar refractivity (Wildman–Crippen MR) is 119 cm³/mol. The summed E-state index contributed by atoms with van der Waals surface area (Å²) in [7, 11) is 0. The molecular formula is C25H18ClNO5. The van der Waals surface area contributed by atoms with Crippen LogP contribution in [0.25, 0.3) is 11.0 Å². The van der Waals surface area contributed by atoms with Gasteiger partial charge in [0.25, 0.3) is 5.91 Å². The lowest BCUT2D eigenvalue weighted by molar-refractivity contribution is -0.129. The molecule has 2 aromatic carbocycles. The molecule has 0 saturated carbocycles. The minimum Gasteiger partial charge on any atom is -0.503 e. The van der Waals surface area contributed by atoms with E-state index in [-0.39, 0.29) is 17.9 Å². The van der Waals surface area contributed by atoms with Crippen molar-refractivity contribution in [2.45, 2.75) is 12.5 Å². The topological polar surface area (TPSA) is 83.9 Å². The van der Waals surface area contributed by atoms with Crippen molar-refractivity contribution in [2.24, 2.45) is 0 Å². The number of ketones is 1. The molecule has 32 heavy (non-hydrogen) atoms. The van der Waals surface area contributed by atoms with E-state index in [1.165, 1.54) is 11.2 Å². The molecule has 1 atom stereocenters. The molecule has 0 radical (unpaired) electrons. The average molecular weight is 448 g/mol. The second-order valence-corrected chi connectivity index (χ2v) is 7.97. The fourth-order valence-electron chi connectivity index (χ4n) is 3.99. The molecule has 1 aliphatic rings. The summed E-state index contributed by atoms with van der Waals surface area (Å²) < 4.78 is 11.2. The zero-order valence-corrected chi connectivity index (χ0v) is 17.6. The fourth-order valence-corrected chi connectivity index (χ4v) is 4.11. The Bertz CT molecular complexity index is 1300. The number of carbonyl (C=O) groups is 2. The summed E-state index contributed by atoms with van der Waals surface area (Å²) in [5.74, 6) is -1.33. The summed E-state index contributed by atoms with van der Waals surface area (Å²) in [6, 6.07) is 18.6. The quantitative estimate of drug-likeness (QED) is 0.394. The lowest BCUT2D eigenvalue weighted by Gasteiger charge is -2.24. The summed E-state index contributed by atoms with van der Waals surface area (Å²) in [4.78, 5) is 27.8. The highest BCUT2D eigenvalue weighted by Gasteiger charge is 2.45. The Balaban J connectivity index is 1.49. The van der Waals surface area contributed by atoms with Crippen LogP contribution in [0.2, 0.25) is 5.02 Å². The van der Waals surface area contributed by atoms with Crippen LogP contribution < -0.4 is 0 Å². The maximum absolute atomic E-state index is 13.4. The maximum Gasteiger partial charge on any atom is 0.290 e. The number of benzene rings is 2. The third-order valence-corrected chi connectivity index (χ3v) is 5.82. The number of amides is 1. The lowest BCUT2D eigenvalue weighted by atomic mass is 9.99. The van der Waals surface area contributed by atoms with E-state index in [9.17, 15) is 14.7 Å². The number of hydrogen-bond donors (Lipinski definition) is 1. The van der Waals surface area contributed by atoms with Crippen LogP contribution in [0.1, 0.15) is 27.9 Å². The van der Waals surface area contributed by atoms with Crippen molar-refractivity contribution in [2.75, 3.05) is 6.54 Å². The standard InChI is InChI=1S/C25H18ClNO5/c26-17-9-7-15(8-10-17)11-12-27-22(19-6-3-13-31-19)21(24(29)25(27)30)23(28)20-14-16-4-1-2-5-18(16)32-20/h1-10,13-14,22,29H,11-12H2. The second-order valence-electron chi connectivity index (χ2n) is 7.53. The van der Waals surface area contributed by atoms with E-state index < -0.39 is 23.5 Å². The van der Waals surface area contributed by atoms with Crippen LogP contribution in [0.15, 0.2) is 93.2 Å². The third-order valence-electron chi connectivity index (χ3n) is 5.56. The molecule has 0 aliphatic carbocycles. The van der Waals surface area contributed by atoms with Crippen LogP contribution in [0.4, 0.5) is 0 Å². The smallest absolute Gasteiger partial charge is 0.290 e. The molecule has 6 nitrogen and oxygen atoms in total. The molecule has 0 bridgehead atoms. The predicted octanol–water partition coefficient (Wildman–Crippen LogP) is 5.50. The van der Waals surface area contributed by atoms with Gasteiger partial charge in [0, 0.05) is 17.0 Å². The first-order valence-electron chi connectivity index (χ1n) is 10.1. The number of rotatable bonds is 6. The van der Waals surface area contributed by atoms with Crippen molar-refractivity contribution in [3.63, 3.8) is 0 Å². The molecule has 2 aromatic heterocycles. The third kappa shape index (κ3) is 3.48. The summed E-state index contributed by atoms with van der Waals surface area (Å²) in [6.45, 7) is 0.271. The Morgan fingerprint density at radius 1 is 1.06 bits per heavy atom. The van der Waals surface area contributed by atoms with E-state index >= 15 is 0 Å². The van der Waals surface area contributed by atoms with Gasteiger partial charge in [-0.05, 0) is 48.4 Å². The van der Waals surface area contributed by atoms with Gasteiger partial charge in [-0.2, -0.15) is 0 Å². The molecule has 7 heteroatoms. The van der Waals surface area contributed by atoms with E-state index in [0.29, 0.717) is 22.8 Å². The average Bonchev–Trinajstić information content (AvgIpc) is 3.52. The number of hydrogen-bond acceptors (Lipinski definition) is 5. The van der Waals surface area contributed by atoms with Gasteiger partial charge < -0.3 is 18.8 Å². The van der Waals surface area contributed by atoms with Crippen LogP contribution >= 0.6 is 11.6 Å². The Morgan fingerprint density at radius 3 is 2.56 bits per heavy atom. The molecule has 0 spiro atoms. The van der Waals surface area contributed by atoms with E-state index in [2.05, 4.69) is 0 Å². The number of aliphatic hydroxyl groups is 1. The van der Waals surface area contributed by atoms with Crippen molar-refractivity contribution in [3.05, 3.63) is 106 Å². The number of furan rings is 2. The molecule has 5 rings (SSSR count). The minimum atomic E-state index is -0.856. The zero-order chi connectivity index (χ0) is 22.2. The highest BCUT2D eigenvalue weighted by molar-refractivity contribution is 6.30. The first-order valence-corrected chi connectivity index (χ1v) is 10.5. The Hall–Kier alpha value is -3.77. The summed E-state index contributed by atoms with van der Waals surface area (Å²) >= 11 is 5.95. The van der Waals surface area contributed by atoms with Crippen LogP contribution in [0, 0.1) is 0 Å². The molecule has 4 aromatic rings. The van der Waals surface area contributed by atoms with Gasteiger partial charge >= 0.3 is 0 Å². The summed E-state index contributed by atoms with van der Waals surface area (Å²) in [5, 5.41) is 12.1. The number of nitrogens with zero attached hydrogens (tertiary/aromatic N) is 1. The van der Waals surface area contributed by atoms with Crippen molar-refractivity contribution in [3.8, 4) is 0 Å². The number of para-hydroxylation sites is 1. The van der Waals surface area contributed by atoms with Crippen LogP contribution in [0.3, 0.4) is 0 Å². The maximum atomic E-state index is 13.4. The minimum absolute atomic E-state index is 0.0525. The number of halogens is 1. The van der Waals surface area contributed by atoms with Gasteiger partial charge in [-0.25, -0.2) is 0 Å². The molecule has 0 fully saturated rings. The molecule has 0 saturated heterocycles. The Kier molecular flexibility index (Phi) is 5.07. The second kappa shape index (κ2) is 8.05. The van der Waals surface area contributed by atoms with Gasteiger partial charge in [0.2, 0.25) is 5.78 Å². The monoisotopic (exact) mass is 447 g/mol. The molecule has 1 unspecified atom stereocenters. The lowest BCUT2D eigenvalue weighted by Crippen LogP contribution is -2.32. The molecule has 160 valence electrons. The highest BCUT2D eigenvalue weighted by atomic mass is 35.5. The van der Waals surface area contributed by atoms with Gasteiger partial charge in [-0.3, -0.25) is 9.59 Å². The summed E-state index contributed by atoms with van der Waals surface area (Å²) in [5.41, 5.74) is 1.46. The zero-order valence-electron chi connectivity index (χ0n) is 16.8. The van der Waals surface area contributed by atoms with Gasteiger partial charge in [0.05, 0.1) is 11.8 Å². The molecule has 1 aliphatic heterocycles. The largest absolute Gasteiger partial charge is 0.503 e. The van der Waals surface area contributed by atoms with Crippen molar-refractivity contribution >= 4 is 34.3 Å². The van der Waals surface area contributed by atoms with Crippen molar-refractivity contribution < 1.29 is 23.5 Å². The van der Waals surface area contributed by atoms with E-state index in [1.54, 1.807) is 42.5 Å². The molecular weight excluding hydrogens is 430 g/mol. The van der Waals surface area contributed by atoms with Gasteiger partial charge in [0.1, 0.15) is 17.4 Å². The number of carbonyl (C=O) groups excluding carboxylic acids is 2. The van der Waals surface area contributed by atoms with Crippen LogP contribution in [-0.4, -0.2) is 28.2 Å². The fraction of sp³-hybridized carbons (Fsp3) is 0.120. The first kappa shape index (κ1) is 20.2. The molecule has 3 heterocycles. The number of aliphatic hydroxyl groups excluding tert-OH is 1. The van der Waals surface area contributed by atoms with Crippen molar-refractivity contribution in [1.29, 1.82) is 0 Å². The SMILES string of the molecule is O=C(C1=C(O)C(=O)N(CCc2ccc(Cl)cc2)C1c1ccco1)c1cc2ccccc2o1. The van der Waals surface area contributed by atoms with E-state index in [0.717, 1.165) is 10.9 Å². The van der Waals surface area contributed by atoms with Gasteiger partial charge in [-0.1, -0.05) is 41.9 Å². The van der Waals surface area contributed by atoms with Gasteiger partial charge in [-0.15, -0.1) is 0 Å². The highest BCUT2D eigenvalue weighted by Crippen LogP contribution is 2.39. The van der Waals surface area contributed by atoms with Crippen molar-refractivity contribution in [1.82, 2.24) is 4.90 Å². The molecule has 1 amide bonds. The Labute approximate surface area is 188 Å². The van der Waals surface area contributed by atoms with Crippen LogP contribution in [0.5, 0.6) is 0 Å². The normalized spacial score (nSPS) is 16.3. The van der Waals surface area contributed by atoms with Crippen LogP contribution in [-0.2, 0) is 11.2 Å².